The molecule has 1 saturated carbocycles. The van der Waals surface area contributed by atoms with Gasteiger partial charge in [0.1, 0.15) is 0 Å². The maximum Gasteiger partial charge on any atom is 0.331 e. The first kappa shape index (κ1) is 19.5. The van der Waals surface area contributed by atoms with Crippen LogP contribution in [0.2, 0.25) is 0 Å². The van der Waals surface area contributed by atoms with Gasteiger partial charge in [-0.15, -0.1) is 0 Å². The fraction of sp³-hybridized carbons (Fsp3) is 0.850. The molecular weight excluding hydrogens is 304 g/mol. The Balaban J connectivity index is 2.35. The van der Waals surface area contributed by atoms with E-state index in [2.05, 4.69) is 27.7 Å². The molecule has 0 unspecified atom stereocenters. The number of hydrogen-bond donors (Lipinski definition) is 3. The van der Waals surface area contributed by atoms with Crippen LogP contribution in [0.15, 0.2) is 11.6 Å². The lowest BCUT2D eigenvalue weighted by Crippen LogP contribution is -2.55. The molecule has 3 N–H and O–H groups in total. The van der Waals surface area contributed by atoms with Gasteiger partial charge in [-0.05, 0) is 60.3 Å². The minimum absolute atomic E-state index is 0.0158. The standard InChI is InChI=1S/C20H34O4/c1-13(8-11-21)6-7-15-14(18(23)24)12-16(22)17-19(2,3)9-5-10-20(15,17)4/h12-13,15-17,21-22H,5-11H2,1-4H3,(H,23,24)/t13-,15+,16-,17-,20+/m0/s1. The van der Waals surface area contributed by atoms with Crippen LogP contribution in [0, 0.1) is 28.6 Å². The molecule has 4 heteroatoms. The molecule has 5 atom stereocenters. The van der Waals surface area contributed by atoms with E-state index in [4.69, 9.17) is 5.11 Å². The number of fused-ring (bicyclic) bond motifs is 1. The lowest BCUT2D eigenvalue weighted by molar-refractivity contribution is -0.139. The van der Waals surface area contributed by atoms with Crippen molar-refractivity contribution in [3.8, 4) is 0 Å². The maximum absolute atomic E-state index is 11.8. The number of hydrogen-bond acceptors (Lipinski definition) is 3. The van der Waals surface area contributed by atoms with Gasteiger partial charge in [0, 0.05) is 12.2 Å². The predicted octanol–water partition coefficient (Wildman–Crippen LogP) is 3.62. The molecule has 1 fully saturated rings. The summed E-state index contributed by atoms with van der Waals surface area (Å²) in [5.41, 5.74) is 0.236. The average molecular weight is 338 g/mol. The number of carboxylic acids is 1. The summed E-state index contributed by atoms with van der Waals surface area (Å²) < 4.78 is 0. The molecule has 0 aliphatic heterocycles. The van der Waals surface area contributed by atoms with Crippen molar-refractivity contribution in [2.75, 3.05) is 6.61 Å². The Morgan fingerprint density at radius 3 is 2.54 bits per heavy atom. The van der Waals surface area contributed by atoms with Crippen molar-refractivity contribution in [3.05, 3.63) is 11.6 Å². The Labute approximate surface area is 146 Å². The number of rotatable bonds is 6. The highest BCUT2D eigenvalue weighted by Crippen LogP contribution is 2.60. The summed E-state index contributed by atoms with van der Waals surface area (Å²) in [4.78, 5) is 11.8. The van der Waals surface area contributed by atoms with Gasteiger partial charge in [0.05, 0.1) is 6.10 Å². The number of carbonyl (C=O) groups is 1. The fourth-order valence-electron chi connectivity index (χ4n) is 5.64. The van der Waals surface area contributed by atoms with Crippen molar-refractivity contribution in [2.24, 2.45) is 28.6 Å². The van der Waals surface area contributed by atoms with Gasteiger partial charge in [-0.3, -0.25) is 0 Å². The minimum Gasteiger partial charge on any atom is -0.478 e. The molecule has 138 valence electrons. The molecular formula is C20H34O4. The predicted molar refractivity (Wildman–Crippen MR) is 94.5 cm³/mol. The monoisotopic (exact) mass is 338 g/mol. The lowest BCUT2D eigenvalue weighted by atomic mass is 9.47. The smallest absolute Gasteiger partial charge is 0.331 e. The number of carboxylic acid groups (broad SMARTS) is 1. The van der Waals surface area contributed by atoms with Crippen LogP contribution < -0.4 is 0 Å². The van der Waals surface area contributed by atoms with Crippen molar-refractivity contribution in [1.29, 1.82) is 0 Å². The molecule has 0 radical (unpaired) electrons. The van der Waals surface area contributed by atoms with Crippen LogP contribution in [0.5, 0.6) is 0 Å². The third-order valence-electron chi connectivity index (χ3n) is 6.77. The SMILES string of the molecule is C[C@H](CCO)CC[C@@H]1C(C(=O)O)=C[C@H](O)[C@H]2C(C)(C)CCC[C@]12C. The van der Waals surface area contributed by atoms with Crippen molar-refractivity contribution in [2.45, 2.75) is 72.3 Å². The highest BCUT2D eigenvalue weighted by Gasteiger charge is 2.56. The van der Waals surface area contributed by atoms with Crippen LogP contribution in [-0.4, -0.2) is 34.0 Å². The van der Waals surface area contributed by atoms with Crippen LogP contribution in [0.1, 0.15) is 66.2 Å². The van der Waals surface area contributed by atoms with Gasteiger partial charge in [0.15, 0.2) is 0 Å². The Hall–Kier alpha value is -0.870. The molecule has 24 heavy (non-hydrogen) atoms. The van der Waals surface area contributed by atoms with E-state index in [9.17, 15) is 15.0 Å². The molecule has 0 aromatic carbocycles. The van der Waals surface area contributed by atoms with E-state index in [1.165, 1.54) is 0 Å². The van der Waals surface area contributed by atoms with Crippen molar-refractivity contribution >= 4 is 5.97 Å². The van der Waals surface area contributed by atoms with E-state index < -0.39 is 12.1 Å². The molecule has 4 nitrogen and oxygen atoms in total. The van der Waals surface area contributed by atoms with Crippen LogP contribution >= 0.6 is 0 Å². The van der Waals surface area contributed by atoms with Crippen molar-refractivity contribution in [1.82, 2.24) is 0 Å². The van der Waals surface area contributed by atoms with E-state index in [0.717, 1.165) is 38.5 Å². The Kier molecular flexibility index (Phi) is 5.81. The van der Waals surface area contributed by atoms with Gasteiger partial charge in [0.25, 0.3) is 0 Å². The molecule has 2 aliphatic carbocycles. The van der Waals surface area contributed by atoms with Gasteiger partial charge in [-0.25, -0.2) is 4.79 Å². The lowest BCUT2D eigenvalue weighted by Gasteiger charge is -2.58. The largest absolute Gasteiger partial charge is 0.478 e. The van der Waals surface area contributed by atoms with E-state index in [-0.39, 0.29) is 29.3 Å². The normalized spacial score (nSPS) is 36.6. The summed E-state index contributed by atoms with van der Waals surface area (Å²) in [5.74, 6) is -0.434. The van der Waals surface area contributed by atoms with E-state index >= 15 is 0 Å². The number of aliphatic hydroxyl groups is 2. The molecule has 0 saturated heterocycles. The second-order valence-corrected chi connectivity index (χ2v) is 8.99. The first-order chi connectivity index (χ1) is 11.1. The molecule has 0 aromatic rings. The zero-order valence-corrected chi connectivity index (χ0v) is 15.6. The molecule has 0 bridgehead atoms. The summed E-state index contributed by atoms with van der Waals surface area (Å²) in [6.45, 7) is 8.91. The summed E-state index contributed by atoms with van der Waals surface area (Å²) >= 11 is 0. The maximum atomic E-state index is 11.8. The summed E-state index contributed by atoms with van der Waals surface area (Å²) in [6.07, 6.45) is 6.56. The Morgan fingerprint density at radius 2 is 1.96 bits per heavy atom. The van der Waals surface area contributed by atoms with Crippen molar-refractivity contribution in [3.63, 3.8) is 0 Å². The molecule has 0 amide bonds. The molecule has 0 aromatic heterocycles. The number of aliphatic carboxylic acids is 1. The summed E-state index contributed by atoms with van der Waals surface area (Å²) in [6, 6.07) is 0. The van der Waals surface area contributed by atoms with E-state index in [1.807, 2.05) is 0 Å². The van der Waals surface area contributed by atoms with Gasteiger partial charge in [0.2, 0.25) is 0 Å². The first-order valence-corrected chi connectivity index (χ1v) is 9.37. The first-order valence-electron chi connectivity index (χ1n) is 9.37. The van der Waals surface area contributed by atoms with Crippen molar-refractivity contribution < 1.29 is 20.1 Å². The van der Waals surface area contributed by atoms with Crippen LogP contribution in [0.4, 0.5) is 0 Å². The second kappa shape index (κ2) is 7.17. The molecule has 0 spiro atoms. The topological polar surface area (TPSA) is 77.8 Å². The van der Waals surface area contributed by atoms with Gasteiger partial charge in [-0.2, -0.15) is 0 Å². The Bertz CT molecular complexity index is 496. The van der Waals surface area contributed by atoms with Crippen LogP contribution in [0.25, 0.3) is 0 Å². The third kappa shape index (κ3) is 3.55. The fourth-order valence-corrected chi connectivity index (χ4v) is 5.64. The van der Waals surface area contributed by atoms with E-state index in [1.54, 1.807) is 6.08 Å². The highest BCUT2D eigenvalue weighted by molar-refractivity contribution is 5.87. The third-order valence-corrected chi connectivity index (χ3v) is 6.77. The second-order valence-electron chi connectivity index (χ2n) is 8.99. The van der Waals surface area contributed by atoms with E-state index in [0.29, 0.717) is 11.5 Å². The number of aliphatic hydroxyl groups excluding tert-OH is 2. The van der Waals surface area contributed by atoms with Crippen LogP contribution in [0.3, 0.4) is 0 Å². The molecule has 2 rings (SSSR count). The summed E-state index contributed by atoms with van der Waals surface area (Å²) in [7, 11) is 0. The molecule has 0 heterocycles. The highest BCUT2D eigenvalue weighted by atomic mass is 16.4. The average Bonchev–Trinajstić information content (AvgIpc) is 2.44. The molecule has 2 aliphatic rings. The van der Waals surface area contributed by atoms with Gasteiger partial charge < -0.3 is 15.3 Å². The van der Waals surface area contributed by atoms with Crippen LogP contribution in [-0.2, 0) is 4.79 Å². The Morgan fingerprint density at radius 1 is 1.29 bits per heavy atom. The van der Waals surface area contributed by atoms with Gasteiger partial charge in [-0.1, -0.05) is 40.5 Å². The zero-order chi connectivity index (χ0) is 18.1. The quantitative estimate of drug-likeness (QED) is 0.691. The zero-order valence-electron chi connectivity index (χ0n) is 15.6. The summed E-state index contributed by atoms with van der Waals surface area (Å²) in [5, 5.41) is 29.6. The van der Waals surface area contributed by atoms with Gasteiger partial charge >= 0.3 is 5.97 Å². The minimum atomic E-state index is -0.892.